The molecule has 0 saturated carbocycles. The highest BCUT2D eigenvalue weighted by Crippen LogP contribution is 2.20. The normalized spacial score (nSPS) is 13.3. The van der Waals surface area contributed by atoms with Crippen LogP contribution in [-0.2, 0) is 16.6 Å². The fraction of sp³-hybridized carbons (Fsp3) is 0.231. The third-order valence-electron chi connectivity index (χ3n) is 2.77. The van der Waals surface area contributed by atoms with Crippen LogP contribution < -0.4 is 4.72 Å². The number of benzene rings is 1. The van der Waals surface area contributed by atoms with Gasteiger partial charge in [0.05, 0.1) is 18.9 Å². The molecule has 0 saturated heterocycles. The van der Waals surface area contributed by atoms with Crippen LogP contribution in [0.2, 0.25) is 0 Å². The number of hydrogen-bond donors (Lipinski definition) is 2. The van der Waals surface area contributed by atoms with E-state index in [2.05, 4.69) is 4.72 Å². The molecule has 0 aliphatic rings. The van der Waals surface area contributed by atoms with Crippen LogP contribution in [0.1, 0.15) is 24.3 Å². The number of hydrogen-bond acceptors (Lipinski definition) is 4. The molecule has 2 N–H and O–H groups in total. The fourth-order valence-electron chi connectivity index (χ4n) is 1.75. The Hall–Kier alpha value is -1.70. The van der Waals surface area contributed by atoms with E-state index in [1.165, 1.54) is 12.3 Å². The van der Waals surface area contributed by atoms with E-state index >= 15 is 0 Å². The Morgan fingerprint density at radius 2 is 2.15 bits per heavy atom. The van der Waals surface area contributed by atoms with E-state index in [1.807, 2.05) is 0 Å². The van der Waals surface area contributed by atoms with Gasteiger partial charge in [-0.25, -0.2) is 17.5 Å². The van der Waals surface area contributed by atoms with E-state index in [1.54, 1.807) is 19.1 Å². The molecule has 2 aromatic rings. The third kappa shape index (κ3) is 3.06. The van der Waals surface area contributed by atoms with Crippen LogP contribution in [0, 0.1) is 5.82 Å². The van der Waals surface area contributed by atoms with Gasteiger partial charge in [-0.3, -0.25) is 0 Å². The molecule has 0 amide bonds. The summed E-state index contributed by atoms with van der Waals surface area (Å²) in [6.07, 6.45) is 1.43. The predicted octanol–water partition coefficient (Wildman–Crippen LogP) is 1.95. The molecule has 1 heterocycles. The van der Waals surface area contributed by atoms with Crippen LogP contribution in [-0.4, -0.2) is 13.5 Å². The highest BCUT2D eigenvalue weighted by molar-refractivity contribution is 7.89. The summed E-state index contributed by atoms with van der Waals surface area (Å²) in [5.41, 5.74) is 0.306. The lowest BCUT2D eigenvalue weighted by Gasteiger charge is -2.13. The highest BCUT2D eigenvalue weighted by Gasteiger charge is 2.23. The van der Waals surface area contributed by atoms with Gasteiger partial charge in [0.2, 0.25) is 10.0 Å². The van der Waals surface area contributed by atoms with Crippen molar-refractivity contribution in [3.63, 3.8) is 0 Å². The number of halogens is 1. The number of nitrogens with one attached hydrogen (secondary N) is 1. The minimum Gasteiger partial charge on any atom is -0.468 e. The number of aliphatic hydroxyl groups excluding tert-OH is 1. The minimum atomic E-state index is -4.01. The summed E-state index contributed by atoms with van der Waals surface area (Å²) >= 11 is 0. The van der Waals surface area contributed by atoms with Gasteiger partial charge in [-0.05, 0) is 36.8 Å². The molecule has 1 aromatic heterocycles. The van der Waals surface area contributed by atoms with Gasteiger partial charge in [0, 0.05) is 0 Å². The van der Waals surface area contributed by atoms with Gasteiger partial charge in [0.1, 0.15) is 16.5 Å². The molecule has 7 heteroatoms. The Balaban J connectivity index is 2.27. The lowest BCUT2D eigenvalue weighted by Crippen LogP contribution is -2.27. The third-order valence-corrected chi connectivity index (χ3v) is 4.34. The molecule has 0 bridgehead atoms. The first kappa shape index (κ1) is 14.7. The Morgan fingerprint density at radius 1 is 1.40 bits per heavy atom. The largest absolute Gasteiger partial charge is 0.468 e. The number of furan rings is 1. The summed E-state index contributed by atoms with van der Waals surface area (Å²) in [5, 5.41) is 8.88. The molecule has 0 spiro atoms. The van der Waals surface area contributed by atoms with Gasteiger partial charge in [0.15, 0.2) is 0 Å². The Labute approximate surface area is 116 Å². The Morgan fingerprint density at radius 3 is 2.70 bits per heavy atom. The van der Waals surface area contributed by atoms with Crippen molar-refractivity contribution >= 4 is 10.0 Å². The molecule has 0 aliphatic carbocycles. The van der Waals surface area contributed by atoms with Gasteiger partial charge in [-0.2, -0.15) is 0 Å². The zero-order valence-electron chi connectivity index (χ0n) is 10.7. The molecular weight excluding hydrogens is 285 g/mol. The van der Waals surface area contributed by atoms with E-state index < -0.39 is 26.8 Å². The van der Waals surface area contributed by atoms with E-state index in [-0.39, 0.29) is 6.61 Å². The van der Waals surface area contributed by atoms with Gasteiger partial charge < -0.3 is 9.52 Å². The van der Waals surface area contributed by atoms with Gasteiger partial charge >= 0.3 is 0 Å². The van der Waals surface area contributed by atoms with Gasteiger partial charge in [0.25, 0.3) is 0 Å². The summed E-state index contributed by atoms with van der Waals surface area (Å²) in [5.74, 6) is -0.475. The van der Waals surface area contributed by atoms with Crippen LogP contribution in [0.3, 0.4) is 0 Å². The van der Waals surface area contributed by atoms with Crippen LogP contribution in [0.15, 0.2) is 45.9 Å². The summed E-state index contributed by atoms with van der Waals surface area (Å²) in [7, 11) is -4.01. The van der Waals surface area contributed by atoms with Crippen LogP contribution in [0.5, 0.6) is 0 Å². The van der Waals surface area contributed by atoms with E-state index in [0.29, 0.717) is 11.3 Å². The molecule has 0 aliphatic heterocycles. The SMILES string of the molecule is CC(NS(=O)(=O)c1ccc(CO)cc1F)c1ccco1. The predicted molar refractivity (Wildman–Crippen MR) is 69.8 cm³/mol. The van der Waals surface area contributed by atoms with Crippen molar-refractivity contribution in [3.8, 4) is 0 Å². The summed E-state index contributed by atoms with van der Waals surface area (Å²) in [4.78, 5) is -0.465. The second-order valence-electron chi connectivity index (χ2n) is 4.28. The van der Waals surface area contributed by atoms with Crippen LogP contribution in [0.4, 0.5) is 4.39 Å². The Kier molecular flexibility index (Phi) is 4.22. The molecule has 1 unspecified atom stereocenters. The standard InChI is InChI=1S/C13H14FNO4S/c1-9(12-3-2-6-19-12)15-20(17,18)13-5-4-10(8-16)7-11(13)14/h2-7,9,15-16H,8H2,1H3. The summed E-state index contributed by atoms with van der Waals surface area (Å²) < 4.78 is 45.4. The molecule has 108 valence electrons. The fourth-order valence-corrected chi connectivity index (χ4v) is 3.02. The highest BCUT2D eigenvalue weighted by atomic mass is 32.2. The van der Waals surface area contributed by atoms with E-state index in [4.69, 9.17) is 9.52 Å². The van der Waals surface area contributed by atoms with Crippen molar-refractivity contribution in [1.82, 2.24) is 4.72 Å². The maximum atomic E-state index is 13.8. The molecule has 20 heavy (non-hydrogen) atoms. The van der Waals surface area contributed by atoms with Gasteiger partial charge in [-0.15, -0.1) is 0 Å². The molecule has 1 atom stereocenters. The Bertz CT molecular complexity index is 682. The lowest BCUT2D eigenvalue weighted by atomic mass is 10.2. The first-order chi connectivity index (χ1) is 9.44. The monoisotopic (exact) mass is 299 g/mol. The molecular formula is C13H14FNO4S. The molecule has 5 nitrogen and oxygen atoms in total. The quantitative estimate of drug-likeness (QED) is 0.884. The average molecular weight is 299 g/mol. The van der Waals surface area contributed by atoms with Crippen molar-refractivity contribution in [2.45, 2.75) is 24.5 Å². The maximum absolute atomic E-state index is 13.8. The number of sulfonamides is 1. The molecule has 0 fully saturated rings. The smallest absolute Gasteiger partial charge is 0.244 e. The topological polar surface area (TPSA) is 79.5 Å². The number of rotatable bonds is 5. The van der Waals surface area contributed by atoms with E-state index in [9.17, 15) is 12.8 Å². The first-order valence-corrected chi connectivity index (χ1v) is 7.37. The van der Waals surface area contributed by atoms with Crippen molar-refractivity contribution in [2.75, 3.05) is 0 Å². The van der Waals surface area contributed by atoms with E-state index in [0.717, 1.165) is 12.1 Å². The van der Waals surface area contributed by atoms with Gasteiger partial charge in [-0.1, -0.05) is 6.07 Å². The van der Waals surface area contributed by atoms with Crippen LogP contribution >= 0.6 is 0 Å². The van der Waals surface area contributed by atoms with Crippen molar-refractivity contribution < 1.29 is 22.3 Å². The van der Waals surface area contributed by atoms with Crippen molar-refractivity contribution in [3.05, 3.63) is 53.7 Å². The maximum Gasteiger partial charge on any atom is 0.244 e. The second kappa shape index (κ2) is 5.74. The van der Waals surface area contributed by atoms with Crippen molar-refractivity contribution in [1.29, 1.82) is 0 Å². The van der Waals surface area contributed by atoms with Crippen LogP contribution in [0.25, 0.3) is 0 Å². The lowest BCUT2D eigenvalue weighted by molar-refractivity contribution is 0.281. The van der Waals surface area contributed by atoms with Crippen molar-refractivity contribution in [2.24, 2.45) is 0 Å². The molecule has 2 rings (SSSR count). The second-order valence-corrected chi connectivity index (χ2v) is 5.96. The number of aliphatic hydroxyl groups is 1. The zero-order valence-corrected chi connectivity index (χ0v) is 11.5. The summed E-state index contributed by atoms with van der Waals surface area (Å²) in [6, 6.07) is 6.11. The minimum absolute atomic E-state index is 0.306. The first-order valence-electron chi connectivity index (χ1n) is 5.89. The zero-order chi connectivity index (χ0) is 14.8. The molecule has 0 radical (unpaired) electrons. The summed E-state index contributed by atoms with van der Waals surface area (Å²) in [6.45, 7) is 1.24. The molecule has 1 aromatic carbocycles. The average Bonchev–Trinajstić information content (AvgIpc) is 2.91.